The Bertz CT molecular complexity index is 506. The molecule has 0 aliphatic carbocycles. The topological polar surface area (TPSA) is 64.8 Å². The zero-order valence-corrected chi connectivity index (χ0v) is 13.4. The highest BCUT2D eigenvalue weighted by Gasteiger charge is 2.18. The van der Waals surface area contributed by atoms with Gasteiger partial charge in [-0.25, -0.2) is 0 Å². The summed E-state index contributed by atoms with van der Waals surface area (Å²) in [5.41, 5.74) is -0.0891. The maximum atomic E-state index is 11.0. The summed E-state index contributed by atoms with van der Waals surface area (Å²) in [5.74, 6) is 0.272. The largest absolute Gasteiger partial charge is 0.487 e. The van der Waals surface area contributed by atoms with Gasteiger partial charge in [-0.1, -0.05) is 11.6 Å². The predicted octanol–water partition coefficient (Wildman–Crippen LogP) is 3.13. The second-order valence-corrected chi connectivity index (χ2v) is 5.79. The van der Waals surface area contributed by atoms with Gasteiger partial charge < -0.3 is 9.47 Å². The Labute approximate surface area is 135 Å². The van der Waals surface area contributed by atoms with E-state index >= 15 is 0 Å². The summed E-state index contributed by atoms with van der Waals surface area (Å²) in [4.78, 5) is 12.9. The van der Waals surface area contributed by atoms with Gasteiger partial charge in [0.05, 0.1) is 24.7 Å². The first kappa shape index (κ1) is 17.0. The molecule has 1 aromatic carbocycles. The summed E-state index contributed by atoms with van der Waals surface area (Å²) < 4.78 is 10.9. The number of nitrogens with zero attached hydrogens (tertiary/aromatic N) is 2. The minimum atomic E-state index is -0.475. The summed E-state index contributed by atoms with van der Waals surface area (Å²) in [6, 6.07) is 4.92. The molecule has 1 saturated heterocycles. The van der Waals surface area contributed by atoms with Crippen molar-refractivity contribution in [2.45, 2.75) is 25.8 Å². The first-order valence-electron chi connectivity index (χ1n) is 7.46. The average molecular weight is 329 g/mol. The smallest absolute Gasteiger partial charge is 0.312 e. The number of halogens is 1. The van der Waals surface area contributed by atoms with Gasteiger partial charge in [-0.05, 0) is 31.9 Å². The van der Waals surface area contributed by atoms with Gasteiger partial charge in [0.25, 0.3) is 0 Å². The van der Waals surface area contributed by atoms with Gasteiger partial charge in [0.1, 0.15) is 0 Å². The molecule has 2 rings (SSSR count). The van der Waals surface area contributed by atoms with Crippen LogP contribution in [0.3, 0.4) is 0 Å². The minimum absolute atomic E-state index is 0.0891. The number of ether oxygens (including phenoxy) is 2. The van der Waals surface area contributed by atoms with Crippen LogP contribution in [0, 0.1) is 10.1 Å². The van der Waals surface area contributed by atoms with E-state index in [1.165, 1.54) is 6.07 Å². The highest BCUT2D eigenvalue weighted by molar-refractivity contribution is 6.30. The molecule has 1 heterocycles. The maximum absolute atomic E-state index is 11.0. The molecule has 1 unspecified atom stereocenters. The van der Waals surface area contributed by atoms with E-state index in [0.717, 1.165) is 39.1 Å². The molecule has 0 radical (unpaired) electrons. The molecular weight excluding hydrogens is 308 g/mol. The van der Waals surface area contributed by atoms with Crippen LogP contribution < -0.4 is 4.74 Å². The van der Waals surface area contributed by atoms with E-state index < -0.39 is 4.92 Å². The lowest BCUT2D eigenvalue weighted by molar-refractivity contribution is -0.385. The van der Waals surface area contributed by atoms with Crippen molar-refractivity contribution < 1.29 is 14.4 Å². The number of benzene rings is 1. The molecule has 0 aromatic heterocycles. The van der Waals surface area contributed by atoms with Crippen LogP contribution >= 0.6 is 11.6 Å². The van der Waals surface area contributed by atoms with Gasteiger partial charge >= 0.3 is 5.69 Å². The second kappa shape index (κ2) is 8.31. The second-order valence-electron chi connectivity index (χ2n) is 5.36. The van der Waals surface area contributed by atoms with Gasteiger partial charge in [-0.15, -0.1) is 0 Å². The lowest BCUT2D eigenvalue weighted by Crippen LogP contribution is -2.42. The Balaban J connectivity index is 1.77. The van der Waals surface area contributed by atoms with E-state index in [9.17, 15) is 10.1 Å². The molecule has 6 nitrogen and oxygen atoms in total. The SMILES string of the molecule is CC(CCCOc1ccc(Cl)cc1[N+](=O)[O-])N1CCOCC1. The Morgan fingerprint density at radius 3 is 2.86 bits per heavy atom. The summed E-state index contributed by atoms with van der Waals surface area (Å²) in [5, 5.41) is 11.3. The minimum Gasteiger partial charge on any atom is -0.487 e. The third-order valence-electron chi connectivity index (χ3n) is 3.81. The monoisotopic (exact) mass is 328 g/mol. The number of morpholine rings is 1. The lowest BCUT2D eigenvalue weighted by atomic mass is 10.1. The molecule has 1 aliphatic heterocycles. The van der Waals surface area contributed by atoms with Gasteiger partial charge in [0.2, 0.25) is 0 Å². The maximum Gasteiger partial charge on any atom is 0.312 e. The summed E-state index contributed by atoms with van der Waals surface area (Å²) in [6.45, 7) is 6.15. The van der Waals surface area contributed by atoms with Crippen molar-refractivity contribution in [1.82, 2.24) is 4.90 Å². The molecule has 122 valence electrons. The number of nitro benzene ring substituents is 1. The normalized spacial score (nSPS) is 17.2. The molecule has 1 fully saturated rings. The number of nitro groups is 1. The Morgan fingerprint density at radius 1 is 1.45 bits per heavy atom. The van der Waals surface area contributed by atoms with Crippen molar-refractivity contribution in [3.63, 3.8) is 0 Å². The fraction of sp³-hybridized carbons (Fsp3) is 0.600. The van der Waals surface area contributed by atoms with E-state index in [-0.39, 0.29) is 11.4 Å². The Kier molecular flexibility index (Phi) is 6.42. The third kappa shape index (κ3) is 4.83. The molecule has 0 bridgehead atoms. The van der Waals surface area contributed by atoms with E-state index in [1.807, 2.05) is 0 Å². The van der Waals surface area contributed by atoms with Crippen LogP contribution in [0.2, 0.25) is 5.02 Å². The summed E-state index contributed by atoms with van der Waals surface area (Å²) in [6.07, 6.45) is 1.83. The first-order chi connectivity index (χ1) is 10.6. The molecule has 0 saturated carbocycles. The van der Waals surface area contributed by atoms with Crippen LogP contribution in [0.15, 0.2) is 18.2 Å². The Hall–Kier alpha value is -1.37. The molecule has 1 aliphatic rings. The highest BCUT2D eigenvalue weighted by Crippen LogP contribution is 2.30. The van der Waals surface area contributed by atoms with Crippen LogP contribution in [0.5, 0.6) is 5.75 Å². The first-order valence-corrected chi connectivity index (χ1v) is 7.84. The molecule has 0 spiro atoms. The van der Waals surface area contributed by atoms with Crippen LogP contribution in [0.25, 0.3) is 0 Å². The average Bonchev–Trinajstić information content (AvgIpc) is 2.53. The van der Waals surface area contributed by atoms with E-state index in [2.05, 4.69) is 11.8 Å². The van der Waals surface area contributed by atoms with Crippen LogP contribution in [0.4, 0.5) is 5.69 Å². The number of rotatable bonds is 7. The standard InChI is InChI=1S/C15H21ClN2O4/c1-12(17-6-9-21-10-7-17)3-2-8-22-15-5-4-13(16)11-14(15)18(19)20/h4-5,11-12H,2-3,6-10H2,1H3. The van der Waals surface area contributed by atoms with Crippen molar-refractivity contribution in [3.8, 4) is 5.75 Å². The fourth-order valence-corrected chi connectivity index (χ4v) is 2.68. The lowest BCUT2D eigenvalue weighted by Gasteiger charge is -2.32. The number of hydrogen-bond acceptors (Lipinski definition) is 5. The molecular formula is C15H21ClN2O4. The van der Waals surface area contributed by atoms with Crippen molar-refractivity contribution in [1.29, 1.82) is 0 Å². The molecule has 7 heteroatoms. The summed E-state index contributed by atoms with van der Waals surface area (Å²) >= 11 is 5.77. The number of hydrogen-bond donors (Lipinski definition) is 0. The van der Waals surface area contributed by atoms with E-state index in [1.54, 1.807) is 12.1 Å². The van der Waals surface area contributed by atoms with Crippen LogP contribution in [0.1, 0.15) is 19.8 Å². The van der Waals surface area contributed by atoms with Gasteiger partial charge in [-0.3, -0.25) is 15.0 Å². The molecule has 1 atom stereocenters. The van der Waals surface area contributed by atoms with E-state index in [0.29, 0.717) is 17.7 Å². The molecule has 0 amide bonds. The van der Waals surface area contributed by atoms with Crippen molar-refractivity contribution in [2.24, 2.45) is 0 Å². The molecule has 0 N–H and O–H groups in total. The van der Waals surface area contributed by atoms with Crippen molar-refractivity contribution >= 4 is 17.3 Å². The fourth-order valence-electron chi connectivity index (χ4n) is 2.52. The zero-order chi connectivity index (χ0) is 15.9. The zero-order valence-electron chi connectivity index (χ0n) is 12.7. The van der Waals surface area contributed by atoms with Crippen LogP contribution in [-0.4, -0.2) is 48.8 Å². The molecule has 1 aromatic rings. The molecule has 22 heavy (non-hydrogen) atoms. The van der Waals surface area contributed by atoms with Crippen molar-refractivity contribution in [3.05, 3.63) is 33.3 Å². The summed E-state index contributed by atoms with van der Waals surface area (Å²) in [7, 11) is 0. The third-order valence-corrected chi connectivity index (χ3v) is 4.05. The van der Waals surface area contributed by atoms with Crippen molar-refractivity contribution in [2.75, 3.05) is 32.9 Å². The predicted molar refractivity (Wildman–Crippen MR) is 84.7 cm³/mol. The van der Waals surface area contributed by atoms with Crippen LogP contribution in [-0.2, 0) is 4.74 Å². The van der Waals surface area contributed by atoms with E-state index in [4.69, 9.17) is 21.1 Å². The highest BCUT2D eigenvalue weighted by atomic mass is 35.5. The Morgan fingerprint density at radius 2 is 2.18 bits per heavy atom. The van der Waals surface area contributed by atoms with Gasteiger partial charge in [-0.2, -0.15) is 0 Å². The van der Waals surface area contributed by atoms with Gasteiger partial charge in [0.15, 0.2) is 5.75 Å². The van der Waals surface area contributed by atoms with Gasteiger partial charge in [0, 0.05) is 30.2 Å². The quantitative estimate of drug-likeness (QED) is 0.437.